The van der Waals surface area contributed by atoms with Gasteiger partial charge in [-0.05, 0) is 56.1 Å². The van der Waals surface area contributed by atoms with Gasteiger partial charge in [-0.25, -0.2) is 0 Å². The topological polar surface area (TPSA) is 12.5 Å². The molecule has 0 N–H and O–H groups in total. The van der Waals surface area contributed by atoms with Crippen molar-refractivity contribution >= 4 is 0 Å². The molecule has 2 heteroatoms. The number of nitrogens with zero attached hydrogens (tertiary/aromatic N) is 1. The third-order valence-corrected chi connectivity index (χ3v) is 3.80. The quantitative estimate of drug-likeness (QED) is 0.630. The molecule has 2 nitrogen and oxygen atoms in total. The molecule has 0 atom stereocenters. The summed E-state index contributed by atoms with van der Waals surface area (Å²) in [6.45, 7) is 5.08. The van der Waals surface area contributed by atoms with Gasteiger partial charge in [-0.15, -0.1) is 0 Å². The zero-order chi connectivity index (χ0) is 15.6. The number of ether oxygens (including phenoxy) is 1. The van der Waals surface area contributed by atoms with Crippen molar-refractivity contribution in [1.82, 2.24) is 4.90 Å². The lowest BCUT2D eigenvalue weighted by Gasteiger charge is -2.16. The number of benzene rings is 2. The molecule has 0 amide bonds. The van der Waals surface area contributed by atoms with Crippen LogP contribution in [0.1, 0.15) is 30.9 Å². The monoisotopic (exact) mass is 297 g/mol. The highest BCUT2D eigenvalue weighted by molar-refractivity contribution is 5.28. The van der Waals surface area contributed by atoms with Crippen molar-refractivity contribution in [2.75, 3.05) is 20.2 Å². The minimum absolute atomic E-state index is 0.798. The summed E-state index contributed by atoms with van der Waals surface area (Å²) in [6.07, 6.45) is 3.31. The van der Waals surface area contributed by atoms with Crippen LogP contribution in [0.4, 0.5) is 0 Å². The molecule has 2 rings (SSSR count). The van der Waals surface area contributed by atoms with Crippen LogP contribution in [0.3, 0.4) is 0 Å². The third-order valence-electron chi connectivity index (χ3n) is 3.80. The van der Waals surface area contributed by atoms with E-state index in [4.69, 9.17) is 4.74 Å². The summed E-state index contributed by atoms with van der Waals surface area (Å²) in [5, 5.41) is 0. The first kappa shape index (κ1) is 16.6. The van der Waals surface area contributed by atoms with E-state index >= 15 is 0 Å². The van der Waals surface area contributed by atoms with E-state index in [9.17, 15) is 0 Å². The van der Waals surface area contributed by atoms with Crippen molar-refractivity contribution in [3.63, 3.8) is 0 Å². The second-order valence-corrected chi connectivity index (χ2v) is 5.78. The van der Waals surface area contributed by atoms with Gasteiger partial charge in [0.2, 0.25) is 0 Å². The van der Waals surface area contributed by atoms with E-state index in [1.165, 1.54) is 11.1 Å². The molecular formula is C20H27NO. The van der Waals surface area contributed by atoms with Gasteiger partial charge in [-0.2, -0.15) is 0 Å². The van der Waals surface area contributed by atoms with Crippen LogP contribution in [0, 0.1) is 0 Å². The van der Waals surface area contributed by atoms with Gasteiger partial charge < -0.3 is 9.64 Å². The number of hydrogen-bond donors (Lipinski definition) is 0. The second-order valence-electron chi connectivity index (χ2n) is 5.78. The molecule has 0 spiro atoms. The Hall–Kier alpha value is -1.80. The normalized spacial score (nSPS) is 10.9. The summed E-state index contributed by atoms with van der Waals surface area (Å²) in [7, 11) is 2.18. The lowest BCUT2D eigenvalue weighted by Crippen LogP contribution is -2.19. The van der Waals surface area contributed by atoms with Gasteiger partial charge in [-0.1, -0.05) is 49.4 Å². The number of rotatable bonds is 9. The van der Waals surface area contributed by atoms with Crippen LogP contribution in [-0.4, -0.2) is 25.1 Å². The molecule has 0 aliphatic carbocycles. The molecule has 0 aromatic heterocycles. The Balaban J connectivity index is 1.60. The standard InChI is InChI=1S/C20H27NO/c1-3-18-12-9-13-20(16-18)22-15-8-7-14-21(2)17-19-10-5-4-6-11-19/h4-6,9-13,16H,3,7-8,14-15,17H2,1-2H3. The van der Waals surface area contributed by atoms with Crippen molar-refractivity contribution in [3.05, 3.63) is 65.7 Å². The predicted molar refractivity (Wildman–Crippen MR) is 93.3 cm³/mol. The Morgan fingerprint density at radius 2 is 1.68 bits per heavy atom. The lowest BCUT2D eigenvalue weighted by molar-refractivity contribution is 0.275. The van der Waals surface area contributed by atoms with Crippen molar-refractivity contribution < 1.29 is 4.74 Å². The molecule has 0 radical (unpaired) electrons. The summed E-state index contributed by atoms with van der Waals surface area (Å²) in [5.74, 6) is 0.997. The first-order valence-corrected chi connectivity index (χ1v) is 8.22. The van der Waals surface area contributed by atoms with E-state index < -0.39 is 0 Å². The summed E-state index contributed by atoms with van der Waals surface area (Å²) in [6, 6.07) is 19.0. The molecule has 2 aromatic carbocycles. The highest BCUT2D eigenvalue weighted by Gasteiger charge is 2.00. The van der Waals surface area contributed by atoms with Gasteiger partial charge in [-0.3, -0.25) is 0 Å². The van der Waals surface area contributed by atoms with Crippen LogP contribution < -0.4 is 4.74 Å². The first-order valence-electron chi connectivity index (χ1n) is 8.22. The van der Waals surface area contributed by atoms with E-state index in [0.717, 1.165) is 44.7 Å². The van der Waals surface area contributed by atoms with E-state index in [1.807, 2.05) is 6.07 Å². The molecule has 0 aliphatic heterocycles. The Labute approximate surface area is 134 Å². The van der Waals surface area contributed by atoms with E-state index in [0.29, 0.717) is 0 Å². The number of hydrogen-bond acceptors (Lipinski definition) is 2. The average Bonchev–Trinajstić information content (AvgIpc) is 2.55. The summed E-state index contributed by atoms with van der Waals surface area (Å²) >= 11 is 0. The maximum absolute atomic E-state index is 5.83. The van der Waals surface area contributed by atoms with Gasteiger partial charge in [0.15, 0.2) is 0 Å². The minimum atomic E-state index is 0.798. The van der Waals surface area contributed by atoms with Crippen LogP contribution in [0.2, 0.25) is 0 Å². The molecule has 2 aromatic rings. The molecule has 22 heavy (non-hydrogen) atoms. The Kier molecular flexibility index (Phi) is 6.98. The van der Waals surface area contributed by atoms with E-state index in [1.54, 1.807) is 0 Å². The van der Waals surface area contributed by atoms with Crippen LogP contribution >= 0.6 is 0 Å². The molecule has 0 saturated carbocycles. The zero-order valence-corrected chi connectivity index (χ0v) is 13.8. The van der Waals surface area contributed by atoms with Gasteiger partial charge in [0.05, 0.1) is 6.61 Å². The summed E-state index contributed by atoms with van der Waals surface area (Å²) in [5.41, 5.74) is 2.71. The van der Waals surface area contributed by atoms with E-state index in [2.05, 4.69) is 67.4 Å². The van der Waals surface area contributed by atoms with Gasteiger partial charge in [0, 0.05) is 6.54 Å². The maximum Gasteiger partial charge on any atom is 0.119 e. The average molecular weight is 297 g/mol. The SMILES string of the molecule is CCc1cccc(OCCCCN(C)Cc2ccccc2)c1. The Bertz CT molecular complexity index is 538. The Morgan fingerprint density at radius 1 is 0.909 bits per heavy atom. The molecule has 0 bridgehead atoms. The molecular weight excluding hydrogens is 270 g/mol. The number of unbranched alkanes of at least 4 members (excludes halogenated alkanes) is 1. The third kappa shape index (κ3) is 5.90. The smallest absolute Gasteiger partial charge is 0.119 e. The van der Waals surface area contributed by atoms with Gasteiger partial charge >= 0.3 is 0 Å². The highest BCUT2D eigenvalue weighted by Crippen LogP contribution is 2.14. The molecule has 0 aliphatic rings. The van der Waals surface area contributed by atoms with Crippen molar-refractivity contribution in [2.45, 2.75) is 32.7 Å². The van der Waals surface area contributed by atoms with Crippen molar-refractivity contribution in [2.24, 2.45) is 0 Å². The van der Waals surface area contributed by atoms with Crippen molar-refractivity contribution in [1.29, 1.82) is 0 Å². The molecule has 0 fully saturated rings. The van der Waals surface area contributed by atoms with Crippen LogP contribution in [0.25, 0.3) is 0 Å². The fourth-order valence-electron chi connectivity index (χ4n) is 2.50. The van der Waals surface area contributed by atoms with Gasteiger partial charge in [0.1, 0.15) is 5.75 Å². The maximum atomic E-state index is 5.83. The summed E-state index contributed by atoms with van der Waals surface area (Å²) < 4.78 is 5.83. The van der Waals surface area contributed by atoms with Crippen LogP contribution in [0.15, 0.2) is 54.6 Å². The van der Waals surface area contributed by atoms with Crippen LogP contribution in [0.5, 0.6) is 5.75 Å². The fraction of sp³-hybridized carbons (Fsp3) is 0.400. The molecule has 0 unspecified atom stereocenters. The predicted octanol–water partition coefficient (Wildman–Crippen LogP) is 4.54. The largest absolute Gasteiger partial charge is 0.494 e. The number of aryl methyl sites for hydroxylation is 1. The minimum Gasteiger partial charge on any atom is -0.494 e. The van der Waals surface area contributed by atoms with E-state index in [-0.39, 0.29) is 0 Å². The second kappa shape index (κ2) is 9.26. The van der Waals surface area contributed by atoms with Gasteiger partial charge in [0.25, 0.3) is 0 Å². The molecule has 118 valence electrons. The highest BCUT2D eigenvalue weighted by atomic mass is 16.5. The van der Waals surface area contributed by atoms with Crippen LogP contribution in [-0.2, 0) is 13.0 Å². The molecule has 0 saturated heterocycles. The van der Waals surface area contributed by atoms with Crippen molar-refractivity contribution in [3.8, 4) is 5.75 Å². The lowest BCUT2D eigenvalue weighted by atomic mass is 10.2. The molecule has 0 heterocycles. The Morgan fingerprint density at radius 3 is 2.45 bits per heavy atom. The zero-order valence-electron chi connectivity index (χ0n) is 13.8. The fourth-order valence-corrected chi connectivity index (χ4v) is 2.50. The first-order chi connectivity index (χ1) is 10.8. The summed E-state index contributed by atoms with van der Waals surface area (Å²) in [4.78, 5) is 2.37.